The fraction of sp³-hybridized carbons (Fsp3) is 0.0435. The molecule has 1 aliphatic heterocycles. The van der Waals surface area contributed by atoms with E-state index in [2.05, 4.69) is 5.32 Å². The summed E-state index contributed by atoms with van der Waals surface area (Å²) >= 11 is 11.7. The SMILES string of the molecule is O=C(COC(=O)c1cccc(N2C(=O)c3ccccc3C2=O)c1)Nc1ccc(Cl)c(Cl)c1. The van der Waals surface area contributed by atoms with E-state index in [-0.39, 0.29) is 16.3 Å². The second kappa shape index (κ2) is 8.82. The third kappa shape index (κ3) is 4.21. The first-order valence-electron chi connectivity index (χ1n) is 9.35. The summed E-state index contributed by atoms with van der Waals surface area (Å²) in [5.41, 5.74) is 1.30. The third-order valence-electron chi connectivity index (χ3n) is 4.67. The lowest BCUT2D eigenvalue weighted by atomic mass is 10.1. The van der Waals surface area contributed by atoms with Crippen molar-refractivity contribution in [2.45, 2.75) is 0 Å². The van der Waals surface area contributed by atoms with Gasteiger partial charge in [-0.1, -0.05) is 41.4 Å². The quantitative estimate of drug-likeness (QED) is 0.436. The average molecular weight is 469 g/mol. The number of nitrogens with zero attached hydrogens (tertiary/aromatic N) is 1. The van der Waals surface area contributed by atoms with Crippen LogP contribution in [0.15, 0.2) is 66.7 Å². The van der Waals surface area contributed by atoms with Crippen molar-refractivity contribution in [3.63, 3.8) is 0 Å². The molecule has 0 saturated heterocycles. The van der Waals surface area contributed by atoms with Crippen LogP contribution in [0.25, 0.3) is 0 Å². The van der Waals surface area contributed by atoms with Gasteiger partial charge in [0.2, 0.25) is 0 Å². The molecule has 0 aromatic heterocycles. The molecular weight excluding hydrogens is 455 g/mol. The van der Waals surface area contributed by atoms with Crippen molar-refractivity contribution in [2.75, 3.05) is 16.8 Å². The van der Waals surface area contributed by atoms with Gasteiger partial charge in [0.05, 0.1) is 32.4 Å². The number of imide groups is 1. The van der Waals surface area contributed by atoms with Gasteiger partial charge in [0.25, 0.3) is 17.7 Å². The number of carbonyl (C=O) groups is 4. The van der Waals surface area contributed by atoms with Crippen molar-refractivity contribution in [1.29, 1.82) is 0 Å². The Morgan fingerprint density at radius 2 is 1.53 bits per heavy atom. The Balaban J connectivity index is 1.43. The van der Waals surface area contributed by atoms with Crippen LogP contribution in [0.3, 0.4) is 0 Å². The zero-order valence-electron chi connectivity index (χ0n) is 16.3. The molecule has 3 amide bonds. The molecule has 7 nitrogen and oxygen atoms in total. The first kappa shape index (κ1) is 21.5. The highest BCUT2D eigenvalue weighted by Gasteiger charge is 2.36. The molecule has 1 aliphatic rings. The fourth-order valence-electron chi connectivity index (χ4n) is 3.18. The molecule has 4 rings (SSSR count). The summed E-state index contributed by atoms with van der Waals surface area (Å²) in [6.45, 7) is -0.545. The smallest absolute Gasteiger partial charge is 0.338 e. The standard InChI is InChI=1S/C23H14Cl2N2O5/c24-18-9-8-14(11-19(18)25)26-20(28)12-32-23(31)13-4-3-5-15(10-13)27-21(29)16-6-1-2-7-17(16)22(27)30/h1-11H,12H2,(H,26,28). The number of nitrogens with one attached hydrogen (secondary N) is 1. The molecule has 0 aliphatic carbocycles. The van der Waals surface area contributed by atoms with Crippen molar-refractivity contribution in [1.82, 2.24) is 0 Å². The van der Waals surface area contributed by atoms with Crippen LogP contribution >= 0.6 is 23.2 Å². The highest BCUT2D eigenvalue weighted by atomic mass is 35.5. The number of rotatable bonds is 5. The highest BCUT2D eigenvalue weighted by Crippen LogP contribution is 2.29. The van der Waals surface area contributed by atoms with Crippen LogP contribution in [-0.4, -0.2) is 30.3 Å². The number of halogens is 2. The number of anilines is 2. The maximum atomic E-state index is 12.6. The molecule has 0 fully saturated rings. The lowest BCUT2D eigenvalue weighted by Gasteiger charge is -2.15. The van der Waals surface area contributed by atoms with Crippen molar-refractivity contribution < 1.29 is 23.9 Å². The monoisotopic (exact) mass is 468 g/mol. The minimum atomic E-state index is -0.784. The van der Waals surface area contributed by atoms with E-state index in [1.54, 1.807) is 30.3 Å². The minimum Gasteiger partial charge on any atom is -0.452 e. The molecule has 1 N–H and O–H groups in total. The Hall–Kier alpha value is -3.68. The zero-order chi connectivity index (χ0) is 22.8. The predicted octanol–water partition coefficient (Wildman–Crippen LogP) is 4.59. The van der Waals surface area contributed by atoms with Crippen LogP contribution in [0.1, 0.15) is 31.1 Å². The second-order valence-electron chi connectivity index (χ2n) is 6.79. The highest BCUT2D eigenvalue weighted by molar-refractivity contribution is 6.42. The van der Waals surface area contributed by atoms with E-state index in [0.717, 1.165) is 4.90 Å². The number of carbonyl (C=O) groups excluding carboxylic acids is 4. The molecule has 3 aromatic rings. The van der Waals surface area contributed by atoms with Crippen LogP contribution in [-0.2, 0) is 9.53 Å². The van der Waals surface area contributed by atoms with Gasteiger partial charge in [0, 0.05) is 5.69 Å². The lowest BCUT2D eigenvalue weighted by molar-refractivity contribution is -0.119. The largest absolute Gasteiger partial charge is 0.452 e. The molecule has 0 atom stereocenters. The van der Waals surface area contributed by atoms with E-state index in [4.69, 9.17) is 27.9 Å². The number of ether oxygens (including phenoxy) is 1. The second-order valence-corrected chi connectivity index (χ2v) is 7.61. The maximum Gasteiger partial charge on any atom is 0.338 e. The number of fused-ring (bicyclic) bond motifs is 1. The summed E-state index contributed by atoms with van der Waals surface area (Å²) in [6.07, 6.45) is 0. The molecule has 3 aromatic carbocycles. The maximum absolute atomic E-state index is 12.6. The van der Waals surface area contributed by atoms with Gasteiger partial charge in [-0.3, -0.25) is 14.4 Å². The van der Waals surface area contributed by atoms with Crippen LogP contribution < -0.4 is 10.2 Å². The summed E-state index contributed by atoms with van der Waals surface area (Å²) in [7, 11) is 0. The van der Waals surface area contributed by atoms with E-state index in [9.17, 15) is 19.2 Å². The molecule has 9 heteroatoms. The van der Waals surface area contributed by atoms with E-state index >= 15 is 0 Å². The predicted molar refractivity (Wildman–Crippen MR) is 119 cm³/mol. The molecule has 0 unspecified atom stereocenters. The Morgan fingerprint density at radius 3 is 2.19 bits per heavy atom. The summed E-state index contributed by atoms with van der Waals surface area (Å²) in [6, 6.07) is 16.9. The van der Waals surface area contributed by atoms with E-state index in [0.29, 0.717) is 21.8 Å². The zero-order valence-corrected chi connectivity index (χ0v) is 17.8. The summed E-state index contributed by atoms with van der Waals surface area (Å²) in [4.78, 5) is 50.8. The molecule has 0 spiro atoms. The first-order valence-corrected chi connectivity index (χ1v) is 10.1. The number of hydrogen-bond acceptors (Lipinski definition) is 5. The van der Waals surface area contributed by atoms with Crippen LogP contribution in [0.2, 0.25) is 10.0 Å². The van der Waals surface area contributed by atoms with Crippen LogP contribution in [0.4, 0.5) is 11.4 Å². The molecule has 1 heterocycles. The van der Waals surface area contributed by atoms with E-state index in [1.807, 2.05) is 0 Å². The minimum absolute atomic E-state index is 0.0846. The first-order chi connectivity index (χ1) is 15.3. The van der Waals surface area contributed by atoms with Gasteiger partial charge in [-0.25, -0.2) is 9.69 Å². The normalized spacial score (nSPS) is 12.5. The Kier molecular flexibility index (Phi) is 5.94. The molecular formula is C23H14Cl2N2O5. The van der Waals surface area contributed by atoms with Crippen molar-refractivity contribution in [2.24, 2.45) is 0 Å². The Bertz CT molecular complexity index is 1240. The van der Waals surface area contributed by atoms with Crippen LogP contribution in [0, 0.1) is 0 Å². The third-order valence-corrected chi connectivity index (χ3v) is 5.41. The van der Waals surface area contributed by atoms with Gasteiger partial charge >= 0.3 is 5.97 Å². The van der Waals surface area contributed by atoms with Crippen molar-refractivity contribution >= 4 is 58.3 Å². The lowest BCUT2D eigenvalue weighted by Crippen LogP contribution is -2.29. The fourth-order valence-corrected chi connectivity index (χ4v) is 3.48. The molecule has 0 bridgehead atoms. The molecule has 160 valence electrons. The van der Waals surface area contributed by atoms with Gasteiger partial charge in [-0.15, -0.1) is 0 Å². The van der Waals surface area contributed by atoms with Gasteiger partial charge in [-0.05, 0) is 48.5 Å². The number of amides is 3. The summed E-state index contributed by atoms with van der Waals surface area (Å²) in [5, 5.41) is 3.15. The van der Waals surface area contributed by atoms with Gasteiger partial charge in [0.15, 0.2) is 6.61 Å². The van der Waals surface area contributed by atoms with Gasteiger partial charge in [-0.2, -0.15) is 0 Å². The summed E-state index contributed by atoms with van der Waals surface area (Å²) < 4.78 is 5.05. The molecule has 0 saturated carbocycles. The number of hydrogen-bond donors (Lipinski definition) is 1. The molecule has 32 heavy (non-hydrogen) atoms. The topological polar surface area (TPSA) is 92.8 Å². The number of esters is 1. The van der Waals surface area contributed by atoms with Gasteiger partial charge < -0.3 is 10.1 Å². The van der Waals surface area contributed by atoms with E-state index < -0.39 is 30.3 Å². The Morgan fingerprint density at radius 1 is 0.844 bits per heavy atom. The molecule has 0 radical (unpaired) electrons. The summed E-state index contributed by atoms with van der Waals surface area (Å²) in [5.74, 6) is -2.31. The van der Waals surface area contributed by atoms with Crippen LogP contribution in [0.5, 0.6) is 0 Å². The van der Waals surface area contributed by atoms with Crippen molar-refractivity contribution in [3.8, 4) is 0 Å². The average Bonchev–Trinajstić information content (AvgIpc) is 3.05. The van der Waals surface area contributed by atoms with E-state index in [1.165, 1.54) is 36.4 Å². The number of benzene rings is 3. The van der Waals surface area contributed by atoms with Gasteiger partial charge in [0.1, 0.15) is 0 Å². The van der Waals surface area contributed by atoms with Crippen molar-refractivity contribution in [3.05, 3.63) is 93.5 Å². The Labute approximate surface area is 192 Å².